The summed E-state index contributed by atoms with van der Waals surface area (Å²) >= 11 is 0. The lowest BCUT2D eigenvalue weighted by Crippen LogP contribution is -2.41. The topological polar surface area (TPSA) is 44.6 Å². The molecule has 2 aromatic rings. The van der Waals surface area contributed by atoms with Gasteiger partial charge in [0.15, 0.2) is 0 Å². The van der Waals surface area contributed by atoms with Crippen molar-refractivity contribution in [3.63, 3.8) is 0 Å². The lowest BCUT2D eigenvalue weighted by atomic mass is 9.93. The lowest BCUT2D eigenvalue weighted by Gasteiger charge is -2.32. The van der Waals surface area contributed by atoms with Crippen LogP contribution in [-0.2, 0) is 0 Å². The first-order valence-electron chi connectivity index (χ1n) is 8.22. The number of rotatable bonds is 3. The number of aryl methyl sites for hydroxylation is 1. The van der Waals surface area contributed by atoms with Crippen molar-refractivity contribution in [2.45, 2.75) is 39.4 Å². The second kappa shape index (κ2) is 6.55. The number of phenolic OH excluding ortho intramolecular Hbond substituents is 1. The summed E-state index contributed by atoms with van der Waals surface area (Å²) in [6.45, 7) is 6.43. The van der Waals surface area contributed by atoms with Gasteiger partial charge < -0.3 is 5.11 Å². The average Bonchev–Trinajstić information content (AvgIpc) is 2.55. The van der Waals surface area contributed by atoms with Gasteiger partial charge >= 0.3 is 0 Å². The van der Waals surface area contributed by atoms with Crippen molar-refractivity contribution in [1.29, 1.82) is 0 Å². The van der Waals surface area contributed by atoms with E-state index < -0.39 is 0 Å². The summed E-state index contributed by atoms with van der Waals surface area (Å²) in [5, 5.41) is 13.8. The van der Waals surface area contributed by atoms with E-state index in [0.717, 1.165) is 17.7 Å². The highest BCUT2D eigenvalue weighted by Gasteiger charge is 2.27. The molecule has 0 saturated carbocycles. The van der Waals surface area contributed by atoms with Crippen molar-refractivity contribution in [3.05, 3.63) is 65.2 Å². The molecule has 120 valence electrons. The molecule has 3 heteroatoms. The number of para-hydroxylation sites is 1. The largest absolute Gasteiger partial charge is 0.508 e. The van der Waals surface area contributed by atoms with Crippen LogP contribution in [0, 0.1) is 12.8 Å². The van der Waals surface area contributed by atoms with Crippen molar-refractivity contribution in [3.8, 4) is 5.75 Å². The summed E-state index contributed by atoms with van der Waals surface area (Å²) in [5.74, 6) is 0.738. The van der Waals surface area contributed by atoms with Gasteiger partial charge in [0.1, 0.15) is 11.9 Å². The third kappa shape index (κ3) is 3.45. The van der Waals surface area contributed by atoms with Crippen LogP contribution >= 0.6 is 0 Å². The van der Waals surface area contributed by atoms with Crippen LogP contribution in [0.3, 0.4) is 0 Å². The fourth-order valence-corrected chi connectivity index (χ4v) is 2.98. The van der Waals surface area contributed by atoms with E-state index in [1.54, 1.807) is 6.07 Å². The number of aliphatic imine (C=N–C) groups is 1. The Labute approximate surface area is 138 Å². The van der Waals surface area contributed by atoms with Crippen molar-refractivity contribution >= 4 is 5.71 Å². The van der Waals surface area contributed by atoms with Crippen LogP contribution in [0.2, 0.25) is 0 Å². The number of hydrogen-bond donors (Lipinski definition) is 2. The molecule has 0 radical (unpaired) electrons. The summed E-state index contributed by atoms with van der Waals surface area (Å²) in [6.07, 6.45) is 0.841. The third-order valence-electron chi connectivity index (χ3n) is 4.39. The number of aromatic hydroxyl groups is 1. The highest BCUT2D eigenvalue weighted by molar-refractivity contribution is 6.01. The predicted molar refractivity (Wildman–Crippen MR) is 94.9 cm³/mol. The summed E-state index contributed by atoms with van der Waals surface area (Å²) in [5.41, 5.74) is 4.47. The molecule has 0 saturated heterocycles. The molecule has 3 rings (SSSR count). The Morgan fingerprint density at radius 3 is 2.43 bits per heavy atom. The first-order chi connectivity index (χ1) is 11.0. The molecule has 3 nitrogen and oxygen atoms in total. The fraction of sp³-hybridized carbons (Fsp3) is 0.350. The molecule has 2 aromatic carbocycles. The smallest absolute Gasteiger partial charge is 0.120 e. The Kier molecular flexibility index (Phi) is 4.49. The maximum absolute atomic E-state index is 10.2. The highest BCUT2D eigenvalue weighted by Crippen LogP contribution is 2.31. The highest BCUT2D eigenvalue weighted by atomic mass is 16.3. The minimum atomic E-state index is 0.0599. The molecule has 1 aliphatic heterocycles. The SMILES string of the molecule is Cc1ccc(C2=N[C@@H](C(C)C)N[C@@H](c3ccccc3O)C2)cc1. The van der Waals surface area contributed by atoms with Gasteiger partial charge in [-0.15, -0.1) is 0 Å². The molecule has 0 aromatic heterocycles. The standard InChI is InChI=1S/C20H24N2O/c1-13(2)20-21-17(15-10-8-14(3)9-11-15)12-18(22-20)16-6-4-5-7-19(16)23/h4-11,13,18,20,22-23H,12H2,1-3H3/t18-,20-/m1/s1. The van der Waals surface area contributed by atoms with Crippen LogP contribution in [0.1, 0.15) is 43.0 Å². The van der Waals surface area contributed by atoms with Gasteiger partial charge in [0.2, 0.25) is 0 Å². The molecule has 0 amide bonds. The quantitative estimate of drug-likeness (QED) is 0.892. The molecule has 23 heavy (non-hydrogen) atoms. The predicted octanol–water partition coefficient (Wildman–Crippen LogP) is 4.21. The fourth-order valence-electron chi connectivity index (χ4n) is 2.98. The van der Waals surface area contributed by atoms with E-state index in [2.05, 4.69) is 50.4 Å². The zero-order valence-corrected chi connectivity index (χ0v) is 14.0. The minimum absolute atomic E-state index is 0.0599. The lowest BCUT2D eigenvalue weighted by molar-refractivity contribution is 0.345. The molecule has 0 bridgehead atoms. The molecule has 0 spiro atoms. The van der Waals surface area contributed by atoms with Crippen LogP contribution in [0.5, 0.6) is 5.75 Å². The van der Waals surface area contributed by atoms with Gasteiger partial charge in [0.05, 0.1) is 0 Å². The number of benzene rings is 2. The second-order valence-corrected chi connectivity index (χ2v) is 6.61. The van der Waals surface area contributed by atoms with Crippen LogP contribution in [0.4, 0.5) is 0 Å². The Morgan fingerprint density at radius 1 is 1.09 bits per heavy atom. The molecule has 2 atom stereocenters. The first kappa shape index (κ1) is 15.8. The number of nitrogens with zero attached hydrogens (tertiary/aromatic N) is 1. The van der Waals surface area contributed by atoms with Gasteiger partial charge in [-0.1, -0.05) is 61.9 Å². The maximum Gasteiger partial charge on any atom is 0.120 e. The van der Waals surface area contributed by atoms with Crippen LogP contribution in [-0.4, -0.2) is 17.0 Å². The van der Waals surface area contributed by atoms with Crippen LogP contribution < -0.4 is 5.32 Å². The van der Waals surface area contributed by atoms with E-state index >= 15 is 0 Å². The van der Waals surface area contributed by atoms with Gasteiger partial charge in [0, 0.05) is 23.7 Å². The van der Waals surface area contributed by atoms with Gasteiger partial charge in [-0.25, -0.2) is 0 Å². The Balaban J connectivity index is 1.96. The van der Waals surface area contributed by atoms with E-state index in [1.807, 2.05) is 18.2 Å². The van der Waals surface area contributed by atoms with Gasteiger partial charge in [0.25, 0.3) is 0 Å². The zero-order valence-electron chi connectivity index (χ0n) is 14.0. The molecular formula is C20H24N2O. The van der Waals surface area contributed by atoms with E-state index in [-0.39, 0.29) is 12.2 Å². The van der Waals surface area contributed by atoms with Gasteiger partial charge in [-0.3, -0.25) is 10.3 Å². The van der Waals surface area contributed by atoms with Crippen molar-refractivity contribution in [2.24, 2.45) is 10.9 Å². The van der Waals surface area contributed by atoms with Crippen molar-refractivity contribution in [2.75, 3.05) is 0 Å². The molecule has 1 aliphatic rings. The molecule has 1 heterocycles. The van der Waals surface area contributed by atoms with Crippen molar-refractivity contribution in [1.82, 2.24) is 5.32 Å². The molecule has 2 N–H and O–H groups in total. The second-order valence-electron chi connectivity index (χ2n) is 6.61. The monoisotopic (exact) mass is 308 g/mol. The Morgan fingerprint density at radius 2 is 1.78 bits per heavy atom. The van der Waals surface area contributed by atoms with E-state index in [9.17, 15) is 5.11 Å². The summed E-state index contributed by atoms with van der Waals surface area (Å²) in [6, 6.07) is 16.2. The first-order valence-corrected chi connectivity index (χ1v) is 8.22. The number of phenols is 1. The van der Waals surface area contributed by atoms with E-state index in [4.69, 9.17) is 4.99 Å². The summed E-state index contributed by atoms with van der Waals surface area (Å²) in [7, 11) is 0. The molecular weight excluding hydrogens is 284 g/mol. The van der Waals surface area contributed by atoms with Crippen molar-refractivity contribution < 1.29 is 5.11 Å². The normalized spacial score (nSPS) is 21.3. The maximum atomic E-state index is 10.2. The Hall–Kier alpha value is -2.13. The molecule has 0 fully saturated rings. The van der Waals surface area contributed by atoms with E-state index in [1.165, 1.54) is 11.1 Å². The molecule has 0 aliphatic carbocycles. The van der Waals surface area contributed by atoms with Crippen LogP contribution in [0.15, 0.2) is 53.5 Å². The minimum Gasteiger partial charge on any atom is -0.508 e. The molecule has 0 unspecified atom stereocenters. The third-order valence-corrected chi connectivity index (χ3v) is 4.39. The Bertz CT molecular complexity index is 704. The summed E-state index contributed by atoms with van der Waals surface area (Å²) in [4.78, 5) is 4.91. The summed E-state index contributed by atoms with van der Waals surface area (Å²) < 4.78 is 0. The average molecular weight is 308 g/mol. The van der Waals surface area contributed by atoms with Gasteiger partial charge in [-0.2, -0.15) is 0 Å². The van der Waals surface area contributed by atoms with Crippen LogP contribution in [0.25, 0.3) is 0 Å². The zero-order chi connectivity index (χ0) is 16.4. The number of nitrogens with one attached hydrogen (secondary N) is 1. The number of hydrogen-bond acceptors (Lipinski definition) is 3. The van der Waals surface area contributed by atoms with E-state index in [0.29, 0.717) is 11.7 Å². The van der Waals surface area contributed by atoms with Gasteiger partial charge in [-0.05, 0) is 24.5 Å².